The van der Waals surface area contributed by atoms with Crippen molar-refractivity contribution in [3.63, 3.8) is 0 Å². The number of rotatable bonds is 7. The van der Waals surface area contributed by atoms with E-state index in [0.29, 0.717) is 29.6 Å². The average Bonchev–Trinajstić information content (AvgIpc) is 3.24. The molecule has 8 nitrogen and oxygen atoms in total. The van der Waals surface area contributed by atoms with E-state index in [0.717, 1.165) is 28.3 Å². The van der Waals surface area contributed by atoms with Crippen LogP contribution in [0.4, 0.5) is 5.69 Å². The van der Waals surface area contributed by atoms with Gasteiger partial charge in [0.05, 0.1) is 19.3 Å². The standard InChI is InChI=1S/C28H33BrN4O4/c1-27(2)12-19-13-28(3,15-27)16-32(19)17-33-23-10-5-18(29)11-22(23)25(26(33)35)31-30-24(34)14-37-21-8-6-20(36-4)7-9-21/h5-11,19,35H,12-17H2,1-4H3/t19?,28-/m1/s1. The minimum absolute atomic E-state index is 0.00610. The first-order chi connectivity index (χ1) is 17.6. The van der Waals surface area contributed by atoms with E-state index in [1.807, 2.05) is 22.8 Å². The highest BCUT2D eigenvalue weighted by Crippen LogP contribution is 2.53. The van der Waals surface area contributed by atoms with E-state index in [1.54, 1.807) is 31.4 Å². The molecule has 37 heavy (non-hydrogen) atoms. The van der Waals surface area contributed by atoms with Crippen LogP contribution in [0, 0.1) is 10.8 Å². The van der Waals surface area contributed by atoms with Crippen LogP contribution < -0.4 is 9.47 Å². The maximum Gasteiger partial charge on any atom is 0.302 e. The van der Waals surface area contributed by atoms with E-state index in [2.05, 4.69) is 51.8 Å². The summed E-state index contributed by atoms with van der Waals surface area (Å²) in [6.07, 6.45) is 3.53. The number of azo groups is 1. The van der Waals surface area contributed by atoms with Crippen molar-refractivity contribution in [3.05, 3.63) is 46.9 Å². The zero-order chi connectivity index (χ0) is 26.4. The van der Waals surface area contributed by atoms with Gasteiger partial charge in [0.1, 0.15) is 11.5 Å². The molecule has 1 amide bonds. The number of ether oxygens (including phenoxy) is 2. The Morgan fingerprint density at radius 1 is 1.14 bits per heavy atom. The van der Waals surface area contributed by atoms with Gasteiger partial charge in [-0.2, -0.15) is 0 Å². The van der Waals surface area contributed by atoms with Crippen LogP contribution in [0.3, 0.4) is 0 Å². The molecule has 2 aliphatic rings. The van der Waals surface area contributed by atoms with Crippen LogP contribution in [0.5, 0.6) is 17.4 Å². The van der Waals surface area contributed by atoms with E-state index in [1.165, 1.54) is 12.8 Å². The highest BCUT2D eigenvalue weighted by atomic mass is 79.9. The van der Waals surface area contributed by atoms with E-state index >= 15 is 0 Å². The number of aromatic hydroxyl groups is 1. The number of hydrogen-bond acceptors (Lipinski definition) is 6. The molecule has 2 atom stereocenters. The summed E-state index contributed by atoms with van der Waals surface area (Å²) in [5.74, 6) is 0.688. The Kier molecular flexibility index (Phi) is 6.79. The van der Waals surface area contributed by atoms with Crippen LogP contribution in [0.15, 0.2) is 57.2 Å². The van der Waals surface area contributed by atoms with Crippen LogP contribution in [0.2, 0.25) is 0 Å². The summed E-state index contributed by atoms with van der Waals surface area (Å²) in [6, 6.07) is 13.2. The average molecular weight is 570 g/mol. The number of hydrogen-bond donors (Lipinski definition) is 1. The minimum atomic E-state index is -0.547. The lowest BCUT2D eigenvalue weighted by Crippen LogP contribution is -2.35. The number of fused-ring (bicyclic) bond motifs is 3. The summed E-state index contributed by atoms with van der Waals surface area (Å²) >= 11 is 3.52. The van der Waals surface area contributed by atoms with Gasteiger partial charge in [0.25, 0.3) is 0 Å². The molecular weight excluding hydrogens is 536 g/mol. The van der Waals surface area contributed by atoms with Crippen molar-refractivity contribution in [2.45, 2.75) is 52.7 Å². The van der Waals surface area contributed by atoms with E-state index in [9.17, 15) is 9.90 Å². The van der Waals surface area contributed by atoms with Crippen molar-refractivity contribution in [2.24, 2.45) is 21.1 Å². The third-order valence-corrected chi connectivity index (χ3v) is 7.99. The zero-order valence-corrected chi connectivity index (χ0v) is 23.3. The van der Waals surface area contributed by atoms with Gasteiger partial charge in [-0.15, -0.1) is 10.2 Å². The molecule has 2 bridgehead atoms. The fourth-order valence-electron chi connectivity index (χ4n) is 6.41. The Bertz CT molecular complexity index is 1350. The summed E-state index contributed by atoms with van der Waals surface area (Å²) in [5, 5.41) is 20.0. The molecule has 0 spiro atoms. The Morgan fingerprint density at radius 2 is 1.86 bits per heavy atom. The van der Waals surface area contributed by atoms with E-state index in [4.69, 9.17) is 9.47 Å². The largest absolute Gasteiger partial charge is 0.497 e. The van der Waals surface area contributed by atoms with Crippen molar-refractivity contribution in [3.8, 4) is 17.4 Å². The number of benzene rings is 2. The first-order valence-electron chi connectivity index (χ1n) is 12.5. The second-order valence-electron chi connectivity index (χ2n) is 11.4. The first kappa shape index (κ1) is 25.7. The monoisotopic (exact) mass is 568 g/mol. The summed E-state index contributed by atoms with van der Waals surface area (Å²) in [6.45, 7) is 8.39. The molecule has 196 valence electrons. The highest BCUT2D eigenvalue weighted by Gasteiger charge is 2.49. The van der Waals surface area contributed by atoms with Gasteiger partial charge in [-0.05, 0) is 72.6 Å². The molecule has 2 aromatic carbocycles. The van der Waals surface area contributed by atoms with Crippen molar-refractivity contribution in [1.82, 2.24) is 9.47 Å². The van der Waals surface area contributed by atoms with Gasteiger partial charge in [-0.1, -0.05) is 36.7 Å². The lowest BCUT2D eigenvalue weighted by atomic mass is 9.65. The number of amides is 1. The zero-order valence-electron chi connectivity index (χ0n) is 21.7. The molecule has 1 unspecified atom stereocenters. The predicted octanol–water partition coefficient (Wildman–Crippen LogP) is 6.67. The third-order valence-electron chi connectivity index (χ3n) is 7.50. The van der Waals surface area contributed by atoms with Crippen LogP contribution in [-0.4, -0.2) is 46.8 Å². The Labute approximate surface area is 225 Å². The Hall–Kier alpha value is -2.91. The topological polar surface area (TPSA) is 88.6 Å². The molecule has 3 aromatic rings. The normalized spacial score (nSPS) is 23.1. The fraction of sp³-hybridized carbons (Fsp3) is 0.464. The molecular formula is C28H33BrN4O4. The lowest BCUT2D eigenvalue weighted by molar-refractivity contribution is -0.120. The highest BCUT2D eigenvalue weighted by molar-refractivity contribution is 9.10. The van der Waals surface area contributed by atoms with Gasteiger partial charge in [0, 0.05) is 22.4 Å². The molecule has 5 rings (SSSR count). The maximum atomic E-state index is 12.4. The molecule has 2 fully saturated rings. The fourth-order valence-corrected chi connectivity index (χ4v) is 6.77. The SMILES string of the molecule is COc1ccc(OCC(=O)N=Nc2c(O)n(CN3C[C@]4(C)CC3CC(C)(C)C4)c3ccc(Br)cc23)cc1. The van der Waals surface area contributed by atoms with Gasteiger partial charge < -0.3 is 14.6 Å². The molecule has 1 aliphatic heterocycles. The van der Waals surface area contributed by atoms with Gasteiger partial charge in [0.15, 0.2) is 12.3 Å². The Balaban J connectivity index is 1.36. The first-order valence-corrected chi connectivity index (χ1v) is 13.3. The van der Waals surface area contributed by atoms with Crippen LogP contribution >= 0.6 is 15.9 Å². The Morgan fingerprint density at radius 3 is 2.59 bits per heavy atom. The molecule has 2 heterocycles. The second-order valence-corrected chi connectivity index (χ2v) is 12.3. The van der Waals surface area contributed by atoms with Crippen LogP contribution in [0.25, 0.3) is 10.9 Å². The maximum absolute atomic E-state index is 12.4. The van der Waals surface area contributed by atoms with Crippen molar-refractivity contribution in [1.29, 1.82) is 0 Å². The molecule has 0 radical (unpaired) electrons. The lowest BCUT2D eigenvalue weighted by Gasteiger charge is -2.40. The van der Waals surface area contributed by atoms with Gasteiger partial charge in [-0.25, -0.2) is 0 Å². The number of methoxy groups -OCH3 is 1. The smallest absolute Gasteiger partial charge is 0.302 e. The molecule has 1 aliphatic carbocycles. The summed E-state index contributed by atoms with van der Waals surface area (Å²) in [5.41, 5.74) is 1.73. The molecule has 9 heteroatoms. The van der Waals surface area contributed by atoms with Crippen molar-refractivity contribution < 1.29 is 19.4 Å². The summed E-state index contributed by atoms with van der Waals surface area (Å²) in [4.78, 5) is 14.9. The number of carbonyl (C=O) groups excluding carboxylic acids is 1. The quantitative estimate of drug-likeness (QED) is 0.321. The van der Waals surface area contributed by atoms with Crippen LogP contribution in [0.1, 0.15) is 40.0 Å². The number of likely N-dealkylation sites (tertiary alicyclic amines) is 1. The molecule has 1 saturated heterocycles. The molecule has 1 saturated carbocycles. The minimum Gasteiger partial charge on any atom is -0.497 e. The van der Waals surface area contributed by atoms with Crippen molar-refractivity contribution in [2.75, 3.05) is 20.3 Å². The number of carbonyl (C=O) groups is 1. The number of nitrogens with zero attached hydrogens (tertiary/aromatic N) is 4. The van der Waals surface area contributed by atoms with Crippen LogP contribution in [-0.2, 0) is 11.5 Å². The summed E-state index contributed by atoms with van der Waals surface area (Å²) in [7, 11) is 1.59. The molecule has 1 aromatic heterocycles. The molecule has 1 N–H and O–H groups in total. The third kappa shape index (κ3) is 5.38. The van der Waals surface area contributed by atoms with E-state index in [-0.39, 0.29) is 23.6 Å². The number of aromatic nitrogens is 1. The predicted molar refractivity (Wildman–Crippen MR) is 146 cm³/mol. The summed E-state index contributed by atoms with van der Waals surface area (Å²) < 4.78 is 13.4. The van der Waals surface area contributed by atoms with Gasteiger partial charge in [-0.3, -0.25) is 14.3 Å². The van der Waals surface area contributed by atoms with Gasteiger partial charge in [0.2, 0.25) is 5.88 Å². The van der Waals surface area contributed by atoms with E-state index < -0.39 is 5.91 Å². The second kappa shape index (κ2) is 9.76. The van der Waals surface area contributed by atoms with Gasteiger partial charge >= 0.3 is 5.91 Å². The number of halogens is 1. The van der Waals surface area contributed by atoms with Crippen molar-refractivity contribution >= 4 is 38.4 Å².